The molecule has 0 amide bonds. The molecule has 1 rings (SSSR count). The highest BCUT2D eigenvalue weighted by atomic mass is 19.1. The highest BCUT2D eigenvalue weighted by Crippen LogP contribution is 1.87. The van der Waals surface area contributed by atoms with Gasteiger partial charge >= 0.3 is 0 Å². The molecule has 0 aliphatic heterocycles. The van der Waals surface area contributed by atoms with Crippen molar-refractivity contribution in [2.45, 2.75) is 0 Å². The topological polar surface area (TPSA) is 12.9 Å². The number of pyridine rings is 1. The molecule has 6 heteroatoms. The predicted octanol–water partition coefficient (Wildman–Crippen LogP) is 1.30. The third-order valence-corrected chi connectivity index (χ3v) is 0.625. The summed E-state index contributed by atoms with van der Waals surface area (Å²) < 4.78 is 11.8. The molecule has 0 saturated carbocycles. The Morgan fingerprint density at radius 2 is 1.73 bits per heavy atom. The lowest BCUT2D eigenvalue weighted by Gasteiger charge is -1.78. The Kier molecular flexibility index (Phi) is 23.9. The minimum Gasteiger partial charge on any atom is -0.269 e. The third-order valence-electron chi connectivity index (χ3n) is 0.625. The van der Waals surface area contributed by atoms with Crippen molar-refractivity contribution in [1.82, 2.24) is 4.98 Å². The van der Waals surface area contributed by atoms with Crippen LogP contribution < -0.4 is 0 Å². The summed E-state index contributed by atoms with van der Waals surface area (Å²) in [5, 5.41) is 0. The van der Waals surface area contributed by atoms with Crippen molar-refractivity contribution in [3.63, 3.8) is 0 Å². The van der Waals surface area contributed by atoms with E-state index in [1.165, 1.54) is 18.5 Å². The van der Waals surface area contributed by atoms with Gasteiger partial charge in [0.2, 0.25) is 0 Å². The van der Waals surface area contributed by atoms with Gasteiger partial charge in [0.15, 0.2) is 0 Å². The molecule has 11 heavy (non-hydrogen) atoms. The summed E-state index contributed by atoms with van der Waals surface area (Å²) in [5.74, 6) is -0.289. The molecule has 0 fully saturated rings. The van der Waals surface area contributed by atoms with Gasteiger partial charge in [-0.15, -0.1) is 0 Å². The number of hydrogen-bond donors (Lipinski definition) is 0. The molecule has 0 spiro atoms. The second kappa shape index (κ2) is 11.7. The normalized spacial score (nSPS) is 5.55. The fourth-order valence-electron chi connectivity index (χ4n) is 0.342. The summed E-state index contributed by atoms with van der Waals surface area (Å²) in [7, 11) is 0. The Labute approximate surface area is 63.3 Å². The fourth-order valence-corrected chi connectivity index (χ4v) is 0.342. The maximum absolute atomic E-state index is 11.8. The van der Waals surface area contributed by atoms with E-state index in [-0.39, 0.29) is 28.3 Å². The molecule has 63 valence electrons. The molecule has 3 radical (unpaired) electrons. The van der Waals surface area contributed by atoms with Gasteiger partial charge in [0.05, 0.1) is 6.20 Å². The number of aromatic nitrogens is 1. The van der Waals surface area contributed by atoms with Crippen LogP contribution in [-0.4, -0.2) is 13.4 Å². The molecule has 0 bridgehead atoms. The Morgan fingerprint density at radius 3 is 1.91 bits per heavy atom. The number of nitrogens with zero attached hydrogens (tertiary/aromatic N) is 1. The first kappa shape index (κ1) is 22.5. The van der Waals surface area contributed by atoms with Crippen LogP contribution >= 0.6 is 0 Å². The SMILES string of the molecule is F.F.F.Fc1cccnc1.[B]. The van der Waals surface area contributed by atoms with E-state index in [0.29, 0.717) is 0 Å². The van der Waals surface area contributed by atoms with Gasteiger partial charge in [0.1, 0.15) is 5.82 Å². The second-order valence-electron chi connectivity index (χ2n) is 1.17. The highest BCUT2D eigenvalue weighted by Gasteiger charge is 1.78. The van der Waals surface area contributed by atoms with Crippen LogP contribution in [0.25, 0.3) is 0 Å². The Hall–Kier alpha value is -1.07. The van der Waals surface area contributed by atoms with E-state index in [9.17, 15) is 4.39 Å². The Balaban J connectivity index is -0.0000000612. The van der Waals surface area contributed by atoms with Crippen molar-refractivity contribution in [2.24, 2.45) is 0 Å². The van der Waals surface area contributed by atoms with E-state index >= 15 is 0 Å². The zero-order valence-electron chi connectivity index (χ0n) is 5.44. The van der Waals surface area contributed by atoms with Crippen LogP contribution in [0.3, 0.4) is 0 Å². The van der Waals surface area contributed by atoms with E-state index in [1.54, 1.807) is 6.07 Å². The minimum atomic E-state index is -0.289. The zero-order valence-corrected chi connectivity index (χ0v) is 5.44. The van der Waals surface area contributed by atoms with Crippen LogP contribution in [0.4, 0.5) is 18.5 Å². The lowest BCUT2D eigenvalue weighted by atomic mass is 10.5. The molecule has 0 aliphatic carbocycles. The Morgan fingerprint density at radius 1 is 1.18 bits per heavy atom. The van der Waals surface area contributed by atoms with Gasteiger partial charge < -0.3 is 0 Å². The molecule has 0 saturated heterocycles. The maximum atomic E-state index is 11.8. The van der Waals surface area contributed by atoms with Crippen LogP contribution in [0.5, 0.6) is 0 Å². The molecule has 1 heterocycles. The molecule has 0 unspecified atom stereocenters. The molecular formula is C5H7BF4N. The first-order valence-corrected chi connectivity index (χ1v) is 1.95. The van der Waals surface area contributed by atoms with Gasteiger partial charge in [-0.25, -0.2) is 4.39 Å². The molecule has 0 aromatic carbocycles. The number of halogens is 4. The van der Waals surface area contributed by atoms with E-state index in [2.05, 4.69) is 4.98 Å². The van der Waals surface area contributed by atoms with Crippen LogP contribution in [0.2, 0.25) is 0 Å². The van der Waals surface area contributed by atoms with Crippen LogP contribution in [0, 0.1) is 5.82 Å². The van der Waals surface area contributed by atoms with Crippen LogP contribution in [0.15, 0.2) is 24.5 Å². The monoisotopic (exact) mass is 168 g/mol. The summed E-state index contributed by atoms with van der Waals surface area (Å²) in [6, 6.07) is 2.91. The smallest absolute Gasteiger partial charge is 0.141 e. The van der Waals surface area contributed by atoms with Crippen molar-refractivity contribution in [3.05, 3.63) is 30.3 Å². The largest absolute Gasteiger partial charge is 0.269 e. The van der Waals surface area contributed by atoms with E-state index in [1.807, 2.05) is 0 Å². The maximum Gasteiger partial charge on any atom is 0.141 e. The van der Waals surface area contributed by atoms with Gasteiger partial charge in [0, 0.05) is 14.6 Å². The van der Waals surface area contributed by atoms with Gasteiger partial charge in [0.25, 0.3) is 0 Å². The van der Waals surface area contributed by atoms with E-state index in [0.717, 1.165) is 0 Å². The molecular weight excluding hydrogens is 161 g/mol. The number of rotatable bonds is 0. The van der Waals surface area contributed by atoms with Crippen molar-refractivity contribution < 1.29 is 18.5 Å². The summed E-state index contributed by atoms with van der Waals surface area (Å²) in [5.41, 5.74) is 0. The fraction of sp³-hybridized carbons (Fsp3) is 0. The number of hydrogen-bond acceptors (Lipinski definition) is 1. The van der Waals surface area contributed by atoms with Gasteiger partial charge in [-0.3, -0.25) is 19.1 Å². The van der Waals surface area contributed by atoms with Crippen molar-refractivity contribution in [1.29, 1.82) is 0 Å². The summed E-state index contributed by atoms with van der Waals surface area (Å²) in [6.07, 6.45) is 2.70. The zero-order chi connectivity index (χ0) is 5.11. The average molecular weight is 168 g/mol. The molecule has 0 N–H and O–H groups in total. The lowest BCUT2D eigenvalue weighted by Crippen LogP contribution is -1.70. The van der Waals surface area contributed by atoms with Crippen LogP contribution in [0.1, 0.15) is 0 Å². The molecule has 1 nitrogen and oxygen atoms in total. The van der Waals surface area contributed by atoms with Crippen LogP contribution in [-0.2, 0) is 0 Å². The van der Waals surface area contributed by atoms with Gasteiger partial charge in [-0.05, 0) is 12.1 Å². The second-order valence-corrected chi connectivity index (χ2v) is 1.17. The van der Waals surface area contributed by atoms with Gasteiger partial charge in [-0.2, -0.15) is 0 Å². The minimum absolute atomic E-state index is 0. The summed E-state index contributed by atoms with van der Waals surface area (Å²) >= 11 is 0. The van der Waals surface area contributed by atoms with E-state index in [4.69, 9.17) is 0 Å². The molecule has 0 aliphatic rings. The summed E-state index contributed by atoms with van der Waals surface area (Å²) in [6.45, 7) is 0. The lowest BCUT2D eigenvalue weighted by molar-refractivity contribution is 0.621. The third kappa shape index (κ3) is 8.93. The average Bonchev–Trinajstić information content (AvgIpc) is 1.69. The van der Waals surface area contributed by atoms with Crippen molar-refractivity contribution in [2.75, 3.05) is 0 Å². The van der Waals surface area contributed by atoms with E-state index < -0.39 is 0 Å². The first-order chi connectivity index (χ1) is 3.39. The quantitative estimate of drug-likeness (QED) is 0.420. The summed E-state index contributed by atoms with van der Waals surface area (Å²) in [4.78, 5) is 3.51. The molecule has 0 atom stereocenters. The highest BCUT2D eigenvalue weighted by molar-refractivity contribution is 5.75. The molecule has 1 aromatic rings. The van der Waals surface area contributed by atoms with Gasteiger partial charge in [-0.1, -0.05) is 0 Å². The predicted molar refractivity (Wildman–Crippen MR) is 37.5 cm³/mol. The van der Waals surface area contributed by atoms with Crippen molar-refractivity contribution in [3.8, 4) is 0 Å². The molecule has 1 aromatic heterocycles. The standard InChI is InChI=1S/C5H4FN.B.3FH/c6-5-2-1-3-7-4-5;;;;/h1-4H;;3*1H. The van der Waals surface area contributed by atoms with Crippen molar-refractivity contribution >= 4 is 8.41 Å². The first-order valence-electron chi connectivity index (χ1n) is 1.95. The Bertz CT molecular complexity index is 148.